The van der Waals surface area contributed by atoms with Crippen LogP contribution in [0.5, 0.6) is 11.5 Å². The van der Waals surface area contributed by atoms with Crippen LogP contribution in [0.2, 0.25) is 0 Å². The third-order valence-electron chi connectivity index (χ3n) is 4.16. The van der Waals surface area contributed by atoms with Crippen molar-refractivity contribution in [1.29, 1.82) is 0 Å². The summed E-state index contributed by atoms with van der Waals surface area (Å²) >= 11 is 0. The van der Waals surface area contributed by atoms with E-state index in [2.05, 4.69) is 6.07 Å². The molecule has 0 radical (unpaired) electrons. The van der Waals surface area contributed by atoms with Gasteiger partial charge in [-0.05, 0) is 54.0 Å². The van der Waals surface area contributed by atoms with Gasteiger partial charge in [0.15, 0.2) is 0 Å². The molecule has 0 atom stereocenters. The van der Waals surface area contributed by atoms with Crippen molar-refractivity contribution < 1.29 is 14.3 Å². The standard InChI is InChI=1S/C21H23NO3/c1-3-24-19-8-4-17(5-9-19)15-22(2)21(23)11-7-16-6-10-20-18(14-16)12-13-25-20/h4-11,14H,3,12-13,15H2,1-2H3/b11-7+. The van der Waals surface area contributed by atoms with E-state index in [1.807, 2.05) is 49.4 Å². The first-order chi connectivity index (χ1) is 12.2. The Kier molecular flexibility index (Phi) is 5.39. The molecule has 0 N–H and O–H groups in total. The highest BCUT2D eigenvalue weighted by atomic mass is 16.5. The number of nitrogens with zero attached hydrogens (tertiary/aromatic N) is 1. The van der Waals surface area contributed by atoms with Crippen molar-refractivity contribution >= 4 is 12.0 Å². The number of ether oxygens (including phenoxy) is 2. The lowest BCUT2D eigenvalue weighted by Crippen LogP contribution is -2.24. The molecule has 0 bridgehead atoms. The molecule has 1 heterocycles. The Balaban J connectivity index is 1.58. The molecule has 0 aliphatic carbocycles. The number of amides is 1. The van der Waals surface area contributed by atoms with Gasteiger partial charge in [-0.15, -0.1) is 0 Å². The zero-order chi connectivity index (χ0) is 17.6. The van der Waals surface area contributed by atoms with Gasteiger partial charge in [0.05, 0.1) is 13.2 Å². The van der Waals surface area contributed by atoms with Crippen LogP contribution < -0.4 is 9.47 Å². The van der Waals surface area contributed by atoms with Crippen LogP contribution in [0.3, 0.4) is 0 Å². The molecule has 0 spiro atoms. The Morgan fingerprint density at radius 2 is 2.04 bits per heavy atom. The lowest BCUT2D eigenvalue weighted by atomic mass is 10.1. The fourth-order valence-electron chi connectivity index (χ4n) is 2.81. The summed E-state index contributed by atoms with van der Waals surface area (Å²) in [5.41, 5.74) is 3.30. The minimum absolute atomic E-state index is 0.0226. The van der Waals surface area contributed by atoms with Gasteiger partial charge in [0, 0.05) is 26.1 Å². The minimum atomic E-state index is -0.0226. The van der Waals surface area contributed by atoms with E-state index in [-0.39, 0.29) is 5.91 Å². The van der Waals surface area contributed by atoms with Crippen molar-refractivity contribution in [2.45, 2.75) is 19.9 Å². The summed E-state index contributed by atoms with van der Waals surface area (Å²) in [5, 5.41) is 0. The second-order valence-electron chi connectivity index (χ2n) is 6.07. The normalized spacial score (nSPS) is 12.7. The Morgan fingerprint density at radius 3 is 2.80 bits per heavy atom. The minimum Gasteiger partial charge on any atom is -0.494 e. The van der Waals surface area contributed by atoms with Crippen molar-refractivity contribution in [2.24, 2.45) is 0 Å². The summed E-state index contributed by atoms with van der Waals surface area (Å²) in [4.78, 5) is 14.0. The van der Waals surface area contributed by atoms with Gasteiger partial charge in [0.1, 0.15) is 11.5 Å². The number of likely N-dealkylation sites (N-methyl/N-ethyl adjacent to an activating group) is 1. The van der Waals surface area contributed by atoms with Crippen molar-refractivity contribution in [3.8, 4) is 11.5 Å². The number of carbonyl (C=O) groups excluding carboxylic acids is 1. The molecule has 1 amide bonds. The molecular formula is C21H23NO3. The monoisotopic (exact) mass is 337 g/mol. The first-order valence-corrected chi connectivity index (χ1v) is 8.56. The number of hydrogen-bond acceptors (Lipinski definition) is 3. The fraction of sp³-hybridized carbons (Fsp3) is 0.286. The molecule has 25 heavy (non-hydrogen) atoms. The number of benzene rings is 2. The molecule has 1 aliphatic rings. The zero-order valence-electron chi connectivity index (χ0n) is 14.7. The first kappa shape index (κ1) is 17.1. The maximum atomic E-state index is 12.3. The highest BCUT2D eigenvalue weighted by Crippen LogP contribution is 2.26. The lowest BCUT2D eigenvalue weighted by Gasteiger charge is -2.15. The maximum Gasteiger partial charge on any atom is 0.246 e. The smallest absolute Gasteiger partial charge is 0.246 e. The molecule has 0 unspecified atom stereocenters. The summed E-state index contributed by atoms with van der Waals surface area (Å²) < 4.78 is 10.9. The van der Waals surface area contributed by atoms with Crippen LogP contribution in [0.15, 0.2) is 48.5 Å². The molecule has 0 fully saturated rings. The van der Waals surface area contributed by atoms with E-state index >= 15 is 0 Å². The van der Waals surface area contributed by atoms with Gasteiger partial charge < -0.3 is 14.4 Å². The van der Waals surface area contributed by atoms with Gasteiger partial charge in [-0.3, -0.25) is 4.79 Å². The topological polar surface area (TPSA) is 38.8 Å². The van der Waals surface area contributed by atoms with Crippen LogP contribution in [-0.4, -0.2) is 31.1 Å². The molecule has 130 valence electrons. The van der Waals surface area contributed by atoms with Crippen LogP contribution in [0.1, 0.15) is 23.6 Å². The average molecular weight is 337 g/mol. The van der Waals surface area contributed by atoms with Crippen LogP contribution in [0, 0.1) is 0 Å². The van der Waals surface area contributed by atoms with Crippen molar-refractivity contribution in [3.63, 3.8) is 0 Å². The van der Waals surface area contributed by atoms with E-state index in [0.717, 1.165) is 35.7 Å². The van der Waals surface area contributed by atoms with Gasteiger partial charge >= 0.3 is 0 Å². The van der Waals surface area contributed by atoms with Crippen LogP contribution in [0.25, 0.3) is 6.08 Å². The third-order valence-corrected chi connectivity index (χ3v) is 4.16. The van der Waals surface area contributed by atoms with E-state index in [9.17, 15) is 4.79 Å². The predicted octanol–water partition coefficient (Wildman–Crippen LogP) is 3.69. The number of rotatable bonds is 6. The fourth-order valence-corrected chi connectivity index (χ4v) is 2.81. The van der Waals surface area contributed by atoms with Crippen molar-refractivity contribution in [1.82, 2.24) is 4.90 Å². The molecule has 0 aromatic heterocycles. The number of hydrogen-bond donors (Lipinski definition) is 0. The SMILES string of the molecule is CCOc1ccc(CN(C)C(=O)/C=C/c2ccc3c(c2)CCO3)cc1. The van der Waals surface area contributed by atoms with Crippen molar-refractivity contribution in [3.05, 3.63) is 65.2 Å². The van der Waals surface area contributed by atoms with Crippen LogP contribution >= 0.6 is 0 Å². The molecular weight excluding hydrogens is 314 g/mol. The quantitative estimate of drug-likeness (QED) is 0.755. The molecule has 2 aromatic rings. The van der Waals surface area contributed by atoms with Crippen LogP contribution in [0.4, 0.5) is 0 Å². The Hall–Kier alpha value is -2.75. The van der Waals surface area contributed by atoms with Gasteiger partial charge in [-0.1, -0.05) is 18.2 Å². The average Bonchev–Trinajstić information content (AvgIpc) is 3.09. The second-order valence-corrected chi connectivity index (χ2v) is 6.07. The van der Waals surface area contributed by atoms with Gasteiger partial charge in [-0.2, -0.15) is 0 Å². The third kappa shape index (κ3) is 4.41. The molecule has 4 heteroatoms. The molecule has 3 rings (SSSR count). The zero-order valence-corrected chi connectivity index (χ0v) is 14.7. The largest absolute Gasteiger partial charge is 0.494 e. The molecule has 0 saturated heterocycles. The molecule has 2 aromatic carbocycles. The van der Waals surface area contributed by atoms with E-state index in [1.165, 1.54) is 5.56 Å². The van der Waals surface area contributed by atoms with Crippen LogP contribution in [-0.2, 0) is 17.8 Å². The summed E-state index contributed by atoms with van der Waals surface area (Å²) in [5.74, 6) is 1.78. The Morgan fingerprint density at radius 1 is 1.24 bits per heavy atom. The summed E-state index contributed by atoms with van der Waals surface area (Å²) in [6, 6.07) is 13.9. The molecule has 0 saturated carbocycles. The highest BCUT2D eigenvalue weighted by molar-refractivity contribution is 5.91. The van der Waals surface area contributed by atoms with Crippen molar-refractivity contribution in [2.75, 3.05) is 20.3 Å². The lowest BCUT2D eigenvalue weighted by molar-refractivity contribution is -0.125. The maximum absolute atomic E-state index is 12.3. The number of carbonyl (C=O) groups is 1. The van der Waals surface area contributed by atoms with Gasteiger partial charge in [-0.25, -0.2) is 0 Å². The highest BCUT2D eigenvalue weighted by Gasteiger charge is 2.11. The Labute approximate surface area is 148 Å². The second kappa shape index (κ2) is 7.88. The van der Waals surface area contributed by atoms with E-state index in [0.29, 0.717) is 13.2 Å². The molecule has 1 aliphatic heterocycles. The van der Waals surface area contributed by atoms with E-state index < -0.39 is 0 Å². The van der Waals surface area contributed by atoms with Gasteiger partial charge in [0.2, 0.25) is 5.91 Å². The summed E-state index contributed by atoms with van der Waals surface area (Å²) in [6.45, 7) is 3.91. The number of fused-ring (bicyclic) bond motifs is 1. The van der Waals surface area contributed by atoms with E-state index in [1.54, 1.807) is 18.0 Å². The predicted molar refractivity (Wildman–Crippen MR) is 98.8 cm³/mol. The molecule has 4 nitrogen and oxygen atoms in total. The van der Waals surface area contributed by atoms with Gasteiger partial charge in [0.25, 0.3) is 0 Å². The summed E-state index contributed by atoms with van der Waals surface area (Å²) in [6.07, 6.45) is 4.41. The van der Waals surface area contributed by atoms with E-state index in [4.69, 9.17) is 9.47 Å². The summed E-state index contributed by atoms with van der Waals surface area (Å²) in [7, 11) is 1.81. The Bertz CT molecular complexity index is 765. The first-order valence-electron chi connectivity index (χ1n) is 8.56.